The lowest BCUT2D eigenvalue weighted by Gasteiger charge is -2.17. The quantitative estimate of drug-likeness (QED) is 0.820. The van der Waals surface area contributed by atoms with Gasteiger partial charge in [-0.1, -0.05) is 18.1 Å². The van der Waals surface area contributed by atoms with Gasteiger partial charge in [0.1, 0.15) is 0 Å². The second-order valence-corrected chi connectivity index (χ2v) is 4.67. The van der Waals surface area contributed by atoms with Gasteiger partial charge in [0.15, 0.2) is 17.4 Å². The number of aryl methyl sites for hydroxylation is 1. The number of ether oxygens (including phenoxy) is 1. The fourth-order valence-electron chi connectivity index (χ4n) is 1.95. The van der Waals surface area contributed by atoms with Gasteiger partial charge >= 0.3 is 0 Å². The molecule has 0 aliphatic rings. The topological polar surface area (TPSA) is 68.5 Å². The molecular weight excluding hydrogens is 289 g/mol. The molecule has 1 amide bonds. The standard InChI is InChI=1S/C15H18FN3O3/c1-4-12-17-13(22-18-12)9-19(3)15(20)10-7-6-8-11(16)14(10)21-5-2/h6-8H,4-5,9H2,1-3H3. The van der Waals surface area contributed by atoms with E-state index in [-0.39, 0.29) is 30.4 Å². The molecule has 0 aliphatic heterocycles. The normalized spacial score (nSPS) is 10.5. The summed E-state index contributed by atoms with van der Waals surface area (Å²) >= 11 is 0. The van der Waals surface area contributed by atoms with E-state index in [1.807, 2.05) is 6.92 Å². The minimum absolute atomic E-state index is 0.0402. The number of hydrogen-bond donors (Lipinski definition) is 0. The maximum absolute atomic E-state index is 13.8. The van der Waals surface area contributed by atoms with Gasteiger partial charge in [0.25, 0.3) is 5.91 Å². The number of carbonyl (C=O) groups excluding carboxylic acids is 1. The molecule has 0 saturated carbocycles. The van der Waals surface area contributed by atoms with Gasteiger partial charge in [-0.05, 0) is 19.1 Å². The zero-order valence-electron chi connectivity index (χ0n) is 12.8. The molecule has 0 saturated heterocycles. The highest BCUT2D eigenvalue weighted by Gasteiger charge is 2.21. The molecule has 2 rings (SSSR count). The van der Waals surface area contributed by atoms with Crippen LogP contribution in [0, 0.1) is 5.82 Å². The molecular formula is C15H18FN3O3. The van der Waals surface area contributed by atoms with Gasteiger partial charge in [-0.15, -0.1) is 0 Å². The monoisotopic (exact) mass is 307 g/mol. The van der Waals surface area contributed by atoms with Crippen molar-refractivity contribution < 1.29 is 18.4 Å². The van der Waals surface area contributed by atoms with Crippen molar-refractivity contribution in [1.29, 1.82) is 0 Å². The van der Waals surface area contributed by atoms with Crippen LogP contribution >= 0.6 is 0 Å². The van der Waals surface area contributed by atoms with Gasteiger partial charge < -0.3 is 14.2 Å². The molecule has 0 fully saturated rings. The summed E-state index contributed by atoms with van der Waals surface area (Å²) in [7, 11) is 1.58. The van der Waals surface area contributed by atoms with E-state index in [4.69, 9.17) is 9.26 Å². The summed E-state index contributed by atoms with van der Waals surface area (Å²) in [6.45, 7) is 4.06. The van der Waals surface area contributed by atoms with Crippen molar-refractivity contribution in [2.24, 2.45) is 0 Å². The van der Waals surface area contributed by atoms with Gasteiger partial charge in [-0.25, -0.2) is 4.39 Å². The van der Waals surface area contributed by atoms with Crippen molar-refractivity contribution in [2.75, 3.05) is 13.7 Å². The zero-order valence-corrected chi connectivity index (χ0v) is 12.8. The maximum atomic E-state index is 13.8. The van der Waals surface area contributed by atoms with Crippen LogP contribution in [-0.2, 0) is 13.0 Å². The Bertz CT molecular complexity index is 657. The van der Waals surface area contributed by atoms with Crippen LogP contribution in [0.2, 0.25) is 0 Å². The third kappa shape index (κ3) is 3.41. The van der Waals surface area contributed by atoms with Gasteiger partial charge in [0, 0.05) is 13.5 Å². The van der Waals surface area contributed by atoms with E-state index in [0.29, 0.717) is 18.1 Å². The molecule has 0 bridgehead atoms. The molecule has 0 radical (unpaired) electrons. The molecule has 1 heterocycles. The largest absolute Gasteiger partial charge is 0.490 e. The van der Waals surface area contributed by atoms with Crippen molar-refractivity contribution in [3.05, 3.63) is 41.3 Å². The van der Waals surface area contributed by atoms with Gasteiger partial charge in [0.2, 0.25) is 5.89 Å². The smallest absolute Gasteiger partial charge is 0.257 e. The maximum Gasteiger partial charge on any atom is 0.257 e. The van der Waals surface area contributed by atoms with E-state index in [1.54, 1.807) is 14.0 Å². The molecule has 6 nitrogen and oxygen atoms in total. The Labute approximate surface area is 127 Å². The van der Waals surface area contributed by atoms with Gasteiger partial charge in [-0.2, -0.15) is 4.98 Å². The van der Waals surface area contributed by atoms with E-state index in [2.05, 4.69) is 10.1 Å². The van der Waals surface area contributed by atoms with Crippen LogP contribution in [0.5, 0.6) is 5.75 Å². The van der Waals surface area contributed by atoms with Crippen molar-refractivity contribution in [1.82, 2.24) is 15.0 Å². The summed E-state index contributed by atoms with van der Waals surface area (Å²) < 4.78 is 24.1. The Hall–Kier alpha value is -2.44. The molecule has 1 aromatic carbocycles. The predicted molar refractivity (Wildman–Crippen MR) is 77.0 cm³/mol. The van der Waals surface area contributed by atoms with Crippen LogP contribution in [-0.4, -0.2) is 34.6 Å². The van der Waals surface area contributed by atoms with E-state index in [9.17, 15) is 9.18 Å². The van der Waals surface area contributed by atoms with Crippen molar-refractivity contribution in [2.45, 2.75) is 26.8 Å². The zero-order chi connectivity index (χ0) is 16.1. The molecule has 0 N–H and O–H groups in total. The second-order valence-electron chi connectivity index (χ2n) is 4.67. The molecule has 0 spiro atoms. The van der Waals surface area contributed by atoms with E-state index >= 15 is 0 Å². The first-order valence-corrected chi connectivity index (χ1v) is 7.05. The summed E-state index contributed by atoms with van der Waals surface area (Å²) in [5, 5.41) is 3.77. The number of hydrogen-bond acceptors (Lipinski definition) is 5. The number of aromatic nitrogens is 2. The Morgan fingerprint density at radius 2 is 2.18 bits per heavy atom. The summed E-state index contributed by atoms with van der Waals surface area (Å²) in [4.78, 5) is 18.0. The van der Waals surface area contributed by atoms with Crippen LogP contribution in [0.4, 0.5) is 4.39 Å². The molecule has 0 unspecified atom stereocenters. The number of benzene rings is 1. The minimum Gasteiger partial charge on any atom is -0.490 e. The number of nitrogens with zero attached hydrogens (tertiary/aromatic N) is 3. The Morgan fingerprint density at radius 3 is 2.82 bits per heavy atom. The lowest BCUT2D eigenvalue weighted by atomic mass is 10.1. The van der Waals surface area contributed by atoms with E-state index < -0.39 is 5.82 Å². The molecule has 0 atom stereocenters. The summed E-state index contributed by atoms with van der Waals surface area (Å²) in [6, 6.07) is 4.26. The molecule has 1 aromatic heterocycles. The third-order valence-corrected chi connectivity index (χ3v) is 3.03. The first-order chi connectivity index (χ1) is 10.6. The molecule has 7 heteroatoms. The number of carbonyl (C=O) groups is 1. The molecule has 118 valence electrons. The number of amides is 1. The van der Waals surface area contributed by atoms with Crippen LogP contribution in [0.25, 0.3) is 0 Å². The number of rotatable bonds is 6. The first kappa shape index (κ1) is 15.9. The fraction of sp³-hybridized carbons (Fsp3) is 0.400. The van der Waals surface area contributed by atoms with Crippen LogP contribution in [0.15, 0.2) is 22.7 Å². The molecule has 22 heavy (non-hydrogen) atoms. The summed E-state index contributed by atoms with van der Waals surface area (Å²) in [6.07, 6.45) is 0.652. The number of para-hydroxylation sites is 1. The fourth-order valence-corrected chi connectivity index (χ4v) is 1.95. The number of halogens is 1. The van der Waals surface area contributed by atoms with Crippen LogP contribution in [0.3, 0.4) is 0 Å². The van der Waals surface area contributed by atoms with Crippen molar-refractivity contribution in [3.8, 4) is 5.75 Å². The van der Waals surface area contributed by atoms with Crippen molar-refractivity contribution >= 4 is 5.91 Å². The minimum atomic E-state index is -0.563. The third-order valence-electron chi connectivity index (χ3n) is 3.03. The average Bonchev–Trinajstić information content (AvgIpc) is 2.96. The highest BCUT2D eigenvalue weighted by atomic mass is 19.1. The Morgan fingerprint density at radius 1 is 1.41 bits per heavy atom. The molecule has 0 aliphatic carbocycles. The lowest BCUT2D eigenvalue weighted by Crippen LogP contribution is -2.27. The van der Waals surface area contributed by atoms with Gasteiger partial charge in [-0.3, -0.25) is 4.79 Å². The average molecular weight is 307 g/mol. The SMILES string of the molecule is CCOc1c(F)cccc1C(=O)N(C)Cc1nc(CC)no1. The highest BCUT2D eigenvalue weighted by Crippen LogP contribution is 2.24. The summed E-state index contributed by atoms with van der Waals surface area (Å²) in [5.74, 6) is -0.0633. The molecule has 2 aromatic rings. The van der Waals surface area contributed by atoms with E-state index in [1.165, 1.54) is 23.1 Å². The second kappa shape index (κ2) is 7.02. The Kier molecular flexibility index (Phi) is 5.08. The van der Waals surface area contributed by atoms with Crippen molar-refractivity contribution in [3.63, 3.8) is 0 Å². The predicted octanol–water partition coefficient (Wildman–Crippen LogP) is 2.44. The highest BCUT2D eigenvalue weighted by molar-refractivity contribution is 5.96. The lowest BCUT2D eigenvalue weighted by molar-refractivity contribution is 0.0764. The Balaban J connectivity index is 2.18. The first-order valence-electron chi connectivity index (χ1n) is 7.05. The van der Waals surface area contributed by atoms with Crippen LogP contribution in [0.1, 0.15) is 35.9 Å². The van der Waals surface area contributed by atoms with Crippen LogP contribution < -0.4 is 4.74 Å². The van der Waals surface area contributed by atoms with Gasteiger partial charge in [0.05, 0.1) is 18.7 Å². The summed E-state index contributed by atoms with van der Waals surface area (Å²) in [5.41, 5.74) is 0.166. The van der Waals surface area contributed by atoms with E-state index in [0.717, 1.165) is 0 Å².